The van der Waals surface area contributed by atoms with Crippen molar-refractivity contribution in [3.8, 4) is 11.5 Å². The van der Waals surface area contributed by atoms with Crippen molar-refractivity contribution in [3.63, 3.8) is 0 Å². The van der Waals surface area contributed by atoms with Crippen molar-refractivity contribution >= 4 is 21.7 Å². The van der Waals surface area contributed by atoms with Gasteiger partial charge in [0, 0.05) is 35.8 Å². The van der Waals surface area contributed by atoms with Gasteiger partial charge in [0.2, 0.25) is 10.0 Å². The number of carbonyl (C=O) groups excluding carboxylic acids is 2. The largest absolute Gasteiger partial charge is 0.497 e. The second-order valence-electron chi connectivity index (χ2n) is 7.46. The average molecular weight is 483 g/mol. The Balaban J connectivity index is 1.58. The molecule has 3 aromatic carbocycles. The maximum atomic E-state index is 12.5. The van der Waals surface area contributed by atoms with Crippen LogP contribution in [0.25, 0.3) is 0 Å². The topological polar surface area (TPSA) is 111 Å². The molecule has 0 atom stereocenters. The SMILES string of the molecule is COc1ccc(CNC(=O)c2ccc(CNS(=O)(=O)c3ccc(C(C)=O)cc3)cc2)c(OC)c1. The summed E-state index contributed by atoms with van der Waals surface area (Å²) >= 11 is 0. The van der Waals surface area contributed by atoms with Gasteiger partial charge in [0.1, 0.15) is 11.5 Å². The third-order valence-corrected chi connectivity index (χ3v) is 6.60. The van der Waals surface area contributed by atoms with Crippen LogP contribution in [0.1, 0.15) is 38.8 Å². The number of nitrogens with one attached hydrogen (secondary N) is 2. The summed E-state index contributed by atoms with van der Waals surface area (Å²) in [6.07, 6.45) is 0. The van der Waals surface area contributed by atoms with E-state index in [1.54, 1.807) is 50.6 Å². The van der Waals surface area contributed by atoms with Crippen LogP contribution in [0.5, 0.6) is 11.5 Å². The lowest BCUT2D eigenvalue weighted by Gasteiger charge is -2.12. The van der Waals surface area contributed by atoms with E-state index >= 15 is 0 Å². The van der Waals surface area contributed by atoms with E-state index < -0.39 is 10.0 Å². The predicted molar refractivity (Wildman–Crippen MR) is 128 cm³/mol. The standard InChI is InChI=1S/C25H26N2O6S/c1-17(28)19-9-12-23(13-10-19)34(30,31)27-15-18-4-6-20(7-5-18)25(29)26-16-21-8-11-22(32-2)14-24(21)33-3/h4-14,27H,15-16H2,1-3H3,(H,26,29). The molecule has 3 aromatic rings. The van der Waals surface area contributed by atoms with Crippen molar-refractivity contribution in [1.29, 1.82) is 0 Å². The summed E-state index contributed by atoms with van der Waals surface area (Å²) in [6.45, 7) is 1.75. The first-order valence-electron chi connectivity index (χ1n) is 10.4. The highest BCUT2D eigenvalue weighted by atomic mass is 32.2. The highest BCUT2D eigenvalue weighted by Crippen LogP contribution is 2.24. The molecule has 0 aromatic heterocycles. The van der Waals surface area contributed by atoms with Gasteiger partial charge in [-0.15, -0.1) is 0 Å². The Morgan fingerprint density at radius 2 is 1.47 bits per heavy atom. The molecule has 0 aliphatic rings. The van der Waals surface area contributed by atoms with E-state index in [0.717, 1.165) is 5.56 Å². The number of ether oxygens (including phenoxy) is 2. The molecule has 34 heavy (non-hydrogen) atoms. The van der Waals surface area contributed by atoms with Gasteiger partial charge in [-0.3, -0.25) is 9.59 Å². The van der Waals surface area contributed by atoms with E-state index in [-0.39, 0.29) is 29.7 Å². The molecule has 3 rings (SSSR count). The van der Waals surface area contributed by atoms with Gasteiger partial charge in [-0.2, -0.15) is 0 Å². The summed E-state index contributed by atoms with van der Waals surface area (Å²) in [7, 11) is -0.623. The Bertz CT molecular complexity index is 1270. The van der Waals surface area contributed by atoms with Crippen molar-refractivity contribution in [1.82, 2.24) is 10.0 Å². The Morgan fingerprint density at radius 1 is 0.824 bits per heavy atom. The van der Waals surface area contributed by atoms with Crippen LogP contribution in [0.2, 0.25) is 0 Å². The molecule has 0 saturated carbocycles. The van der Waals surface area contributed by atoms with Gasteiger partial charge < -0.3 is 14.8 Å². The third-order valence-electron chi connectivity index (χ3n) is 5.19. The smallest absolute Gasteiger partial charge is 0.251 e. The highest BCUT2D eigenvalue weighted by molar-refractivity contribution is 7.89. The molecular formula is C25H26N2O6S. The molecule has 0 saturated heterocycles. The number of hydrogen-bond acceptors (Lipinski definition) is 6. The number of rotatable bonds is 10. The van der Waals surface area contributed by atoms with Crippen molar-refractivity contribution in [2.24, 2.45) is 0 Å². The van der Waals surface area contributed by atoms with Gasteiger partial charge in [0.05, 0.1) is 19.1 Å². The third kappa shape index (κ3) is 6.21. The molecule has 2 N–H and O–H groups in total. The van der Waals surface area contributed by atoms with Crippen LogP contribution in [-0.4, -0.2) is 34.3 Å². The molecule has 0 radical (unpaired) electrons. The van der Waals surface area contributed by atoms with Crippen LogP contribution < -0.4 is 19.5 Å². The first-order chi connectivity index (χ1) is 16.2. The summed E-state index contributed by atoms with van der Waals surface area (Å²) in [5, 5.41) is 2.84. The number of amides is 1. The maximum Gasteiger partial charge on any atom is 0.251 e. The van der Waals surface area contributed by atoms with E-state index in [4.69, 9.17) is 9.47 Å². The Morgan fingerprint density at radius 3 is 2.06 bits per heavy atom. The molecular weight excluding hydrogens is 456 g/mol. The number of ketones is 1. The van der Waals surface area contributed by atoms with Crippen LogP contribution in [0, 0.1) is 0 Å². The number of hydrogen-bond donors (Lipinski definition) is 2. The summed E-state index contributed by atoms with van der Waals surface area (Å²) in [6, 6.07) is 17.7. The molecule has 0 aliphatic carbocycles. The van der Waals surface area contributed by atoms with Crippen molar-refractivity contribution < 1.29 is 27.5 Å². The minimum atomic E-state index is -3.74. The monoisotopic (exact) mass is 482 g/mol. The normalized spacial score (nSPS) is 11.0. The van der Waals surface area contributed by atoms with Crippen LogP contribution in [0.3, 0.4) is 0 Å². The molecule has 0 heterocycles. The van der Waals surface area contributed by atoms with E-state index in [9.17, 15) is 18.0 Å². The molecule has 8 nitrogen and oxygen atoms in total. The van der Waals surface area contributed by atoms with Crippen molar-refractivity contribution in [2.75, 3.05) is 14.2 Å². The zero-order valence-electron chi connectivity index (χ0n) is 19.1. The maximum absolute atomic E-state index is 12.5. The predicted octanol–water partition coefficient (Wildman–Crippen LogP) is 3.31. The number of carbonyl (C=O) groups is 2. The number of sulfonamides is 1. The van der Waals surface area contributed by atoms with Crippen molar-refractivity contribution in [2.45, 2.75) is 24.9 Å². The summed E-state index contributed by atoms with van der Waals surface area (Å²) in [4.78, 5) is 23.9. The van der Waals surface area contributed by atoms with E-state index in [0.29, 0.717) is 28.2 Å². The zero-order chi connectivity index (χ0) is 24.7. The molecule has 0 unspecified atom stereocenters. The highest BCUT2D eigenvalue weighted by Gasteiger charge is 2.15. The lowest BCUT2D eigenvalue weighted by Crippen LogP contribution is -2.24. The number of Topliss-reactive ketones (excluding diaryl/α,β-unsaturated/α-hetero) is 1. The van der Waals surface area contributed by atoms with Gasteiger partial charge >= 0.3 is 0 Å². The van der Waals surface area contributed by atoms with E-state index in [1.807, 2.05) is 6.07 Å². The Labute approximate surface area is 199 Å². The minimum Gasteiger partial charge on any atom is -0.497 e. The fraction of sp³-hybridized carbons (Fsp3) is 0.200. The van der Waals surface area contributed by atoms with Gasteiger partial charge in [0.15, 0.2) is 5.78 Å². The molecule has 0 aliphatic heterocycles. The minimum absolute atomic E-state index is 0.0573. The lowest BCUT2D eigenvalue weighted by atomic mass is 10.1. The van der Waals surface area contributed by atoms with Crippen LogP contribution in [0.4, 0.5) is 0 Å². The fourth-order valence-electron chi connectivity index (χ4n) is 3.18. The molecule has 178 valence electrons. The number of benzene rings is 3. The Hall–Kier alpha value is -3.69. The first-order valence-corrected chi connectivity index (χ1v) is 11.9. The fourth-order valence-corrected chi connectivity index (χ4v) is 4.20. The first kappa shape index (κ1) is 24.9. The Kier molecular flexibility index (Phi) is 8.04. The van der Waals surface area contributed by atoms with Gasteiger partial charge in [0.25, 0.3) is 5.91 Å². The van der Waals surface area contributed by atoms with Crippen LogP contribution >= 0.6 is 0 Å². The summed E-state index contributed by atoms with van der Waals surface area (Å²) < 4.78 is 38.0. The number of methoxy groups -OCH3 is 2. The van der Waals surface area contributed by atoms with Gasteiger partial charge in [-0.25, -0.2) is 13.1 Å². The average Bonchev–Trinajstić information content (AvgIpc) is 2.86. The molecule has 9 heteroatoms. The lowest BCUT2D eigenvalue weighted by molar-refractivity contribution is 0.0949. The summed E-state index contributed by atoms with van der Waals surface area (Å²) in [5.41, 5.74) is 2.38. The molecule has 1 amide bonds. The summed E-state index contributed by atoms with van der Waals surface area (Å²) in [5.74, 6) is 0.865. The van der Waals surface area contributed by atoms with Gasteiger partial charge in [-0.1, -0.05) is 24.3 Å². The van der Waals surface area contributed by atoms with Gasteiger partial charge in [-0.05, 0) is 48.9 Å². The zero-order valence-corrected chi connectivity index (χ0v) is 19.9. The van der Waals surface area contributed by atoms with E-state index in [1.165, 1.54) is 31.2 Å². The molecule has 0 spiro atoms. The second kappa shape index (κ2) is 11.0. The van der Waals surface area contributed by atoms with E-state index in [2.05, 4.69) is 10.0 Å². The quantitative estimate of drug-likeness (QED) is 0.429. The second-order valence-corrected chi connectivity index (χ2v) is 9.23. The molecule has 0 fully saturated rings. The van der Waals surface area contributed by atoms with Crippen molar-refractivity contribution in [3.05, 3.63) is 89.0 Å². The van der Waals surface area contributed by atoms with Crippen LogP contribution in [0.15, 0.2) is 71.6 Å². The van der Waals surface area contributed by atoms with Crippen LogP contribution in [-0.2, 0) is 23.1 Å². The molecule has 0 bridgehead atoms.